The van der Waals surface area contributed by atoms with E-state index >= 15 is 0 Å². The highest BCUT2D eigenvalue weighted by Crippen LogP contribution is 2.19. The molecule has 0 bridgehead atoms. The monoisotopic (exact) mass is 272 g/mol. The molecule has 0 saturated heterocycles. The number of benzene rings is 1. The summed E-state index contributed by atoms with van der Waals surface area (Å²) in [6.07, 6.45) is 2.41. The molecule has 1 aromatic heterocycles. The van der Waals surface area contributed by atoms with Crippen molar-refractivity contribution in [3.8, 4) is 0 Å². The number of hydrogen-bond acceptors (Lipinski definition) is 4. The summed E-state index contributed by atoms with van der Waals surface area (Å²) >= 11 is 0. The van der Waals surface area contributed by atoms with E-state index < -0.39 is 0 Å². The largest absolute Gasteiger partial charge is 0.371 e. The van der Waals surface area contributed by atoms with Gasteiger partial charge >= 0.3 is 0 Å². The Balaban J connectivity index is 1.56. The number of nitrogens with zero attached hydrogens (tertiary/aromatic N) is 3. The van der Waals surface area contributed by atoms with E-state index in [9.17, 15) is 4.79 Å². The van der Waals surface area contributed by atoms with Gasteiger partial charge in [0.1, 0.15) is 0 Å². The third-order valence-corrected chi connectivity index (χ3v) is 3.37. The fourth-order valence-corrected chi connectivity index (χ4v) is 2.29. The molecule has 104 valence electrons. The van der Waals surface area contributed by atoms with E-state index in [0.717, 1.165) is 6.42 Å². The summed E-state index contributed by atoms with van der Waals surface area (Å²) in [5.74, 6) is -0.222. The van der Waals surface area contributed by atoms with Gasteiger partial charge in [-0.15, -0.1) is 5.10 Å². The highest BCUT2D eigenvalue weighted by atomic mass is 16.5. The van der Waals surface area contributed by atoms with Crippen LogP contribution in [0.15, 0.2) is 30.5 Å². The van der Waals surface area contributed by atoms with E-state index in [1.807, 2.05) is 12.1 Å². The number of carbonyl (C=O) groups is 1. The van der Waals surface area contributed by atoms with Crippen LogP contribution in [-0.2, 0) is 24.8 Å². The molecule has 6 heteroatoms. The lowest BCUT2D eigenvalue weighted by Crippen LogP contribution is -2.36. The average Bonchev–Trinajstić information content (AvgIpc) is 2.91. The summed E-state index contributed by atoms with van der Waals surface area (Å²) in [4.78, 5) is 11.9. The molecule has 0 spiro atoms. The summed E-state index contributed by atoms with van der Waals surface area (Å²) in [5.41, 5.74) is 2.84. The van der Waals surface area contributed by atoms with Gasteiger partial charge in [0.25, 0.3) is 5.91 Å². The summed E-state index contributed by atoms with van der Waals surface area (Å²) in [7, 11) is 1.73. The standard InChI is InChI=1S/C14H16N4O2/c1-18-8-13(16-17-18)14(19)15-7-12-6-10-4-2-3-5-11(10)9-20-12/h2-5,8,12H,6-7,9H2,1H3,(H,15,19). The molecule has 1 aliphatic rings. The third kappa shape index (κ3) is 2.70. The number of hydrogen-bond donors (Lipinski definition) is 1. The zero-order valence-electron chi connectivity index (χ0n) is 11.2. The molecule has 1 aliphatic heterocycles. The minimum absolute atomic E-state index is 0.00511. The first-order valence-corrected chi connectivity index (χ1v) is 6.55. The van der Waals surface area contributed by atoms with E-state index in [2.05, 4.69) is 27.8 Å². The van der Waals surface area contributed by atoms with Crippen molar-refractivity contribution in [2.24, 2.45) is 7.05 Å². The van der Waals surface area contributed by atoms with Crippen LogP contribution in [0.1, 0.15) is 21.6 Å². The highest BCUT2D eigenvalue weighted by Gasteiger charge is 2.20. The van der Waals surface area contributed by atoms with E-state index in [0.29, 0.717) is 18.8 Å². The average molecular weight is 272 g/mol. The zero-order chi connectivity index (χ0) is 13.9. The molecule has 0 radical (unpaired) electrons. The predicted octanol–water partition coefficient (Wildman–Crippen LogP) is 0.686. The predicted molar refractivity (Wildman–Crippen MR) is 72.1 cm³/mol. The fourth-order valence-electron chi connectivity index (χ4n) is 2.29. The van der Waals surface area contributed by atoms with Gasteiger partial charge in [-0.3, -0.25) is 9.48 Å². The van der Waals surface area contributed by atoms with Gasteiger partial charge in [0.15, 0.2) is 5.69 Å². The molecule has 20 heavy (non-hydrogen) atoms. The lowest BCUT2D eigenvalue weighted by atomic mass is 9.99. The lowest BCUT2D eigenvalue weighted by Gasteiger charge is -2.25. The second-order valence-corrected chi connectivity index (χ2v) is 4.89. The lowest BCUT2D eigenvalue weighted by molar-refractivity contribution is 0.0284. The molecule has 2 heterocycles. The molecular formula is C14H16N4O2. The van der Waals surface area contributed by atoms with Crippen molar-refractivity contribution < 1.29 is 9.53 Å². The van der Waals surface area contributed by atoms with Crippen LogP contribution < -0.4 is 5.32 Å². The molecule has 0 aliphatic carbocycles. The number of fused-ring (bicyclic) bond motifs is 1. The molecule has 1 atom stereocenters. The zero-order valence-corrected chi connectivity index (χ0v) is 11.2. The first-order valence-electron chi connectivity index (χ1n) is 6.55. The Labute approximate surface area is 116 Å². The normalized spacial score (nSPS) is 17.6. The number of amides is 1. The molecule has 1 aromatic carbocycles. The molecule has 1 amide bonds. The maximum Gasteiger partial charge on any atom is 0.273 e. The van der Waals surface area contributed by atoms with Crippen molar-refractivity contribution in [2.45, 2.75) is 19.1 Å². The SMILES string of the molecule is Cn1cc(C(=O)NCC2Cc3ccccc3CO2)nn1. The second-order valence-electron chi connectivity index (χ2n) is 4.89. The maximum atomic E-state index is 11.9. The molecule has 1 unspecified atom stereocenters. The van der Waals surface area contributed by atoms with Crippen molar-refractivity contribution in [1.82, 2.24) is 20.3 Å². The first-order chi connectivity index (χ1) is 9.72. The van der Waals surface area contributed by atoms with Crippen LogP contribution in [0.4, 0.5) is 0 Å². The Kier molecular flexibility index (Phi) is 3.47. The fraction of sp³-hybridized carbons (Fsp3) is 0.357. The van der Waals surface area contributed by atoms with Crippen LogP contribution in [0.25, 0.3) is 0 Å². The number of aromatic nitrogens is 3. The van der Waals surface area contributed by atoms with Crippen molar-refractivity contribution in [3.63, 3.8) is 0 Å². The molecule has 3 rings (SSSR count). The van der Waals surface area contributed by atoms with Gasteiger partial charge in [0, 0.05) is 20.0 Å². The molecule has 2 aromatic rings. The maximum absolute atomic E-state index is 11.9. The Morgan fingerprint density at radius 2 is 2.25 bits per heavy atom. The molecular weight excluding hydrogens is 256 g/mol. The van der Waals surface area contributed by atoms with Gasteiger partial charge in [-0.25, -0.2) is 0 Å². The van der Waals surface area contributed by atoms with Gasteiger partial charge in [-0.05, 0) is 11.1 Å². The summed E-state index contributed by atoms with van der Waals surface area (Å²) in [5, 5.41) is 10.3. The van der Waals surface area contributed by atoms with Gasteiger partial charge in [0.05, 0.1) is 18.9 Å². The summed E-state index contributed by atoms with van der Waals surface area (Å²) in [6.45, 7) is 1.07. The molecule has 0 saturated carbocycles. The van der Waals surface area contributed by atoms with Crippen LogP contribution in [0.3, 0.4) is 0 Å². The van der Waals surface area contributed by atoms with Gasteiger partial charge in [-0.2, -0.15) is 0 Å². The molecule has 0 fully saturated rings. The Morgan fingerprint density at radius 3 is 3.00 bits per heavy atom. The number of nitrogens with one attached hydrogen (secondary N) is 1. The van der Waals surface area contributed by atoms with Crippen molar-refractivity contribution in [1.29, 1.82) is 0 Å². The van der Waals surface area contributed by atoms with Crippen LogP contribution in [-0.4, -0.2) is 33.5 Å². The minimum atomic E-state index is -0.222. The van der Waals surface area contributed by atoms with E-state index in [-0.39, 0.29) is 12.0 Å². The van der Waals surface area contributed by atoms with E-state index in [4.69, 9.17) is 4.74 Å². The van der Waals surface area contributed by atoms with Gasteiger partial charge < -0.3 is 10.1 Å². The van der Waals surface area contributed by atoms with Crippen LogP contribution >= 0.6 is 0 Å². The highest BCUT2D eigenvalue weighted by molar-refractivity contribution is 5.91. The van der Waals surface area contributed by atoms with Crippen LogP contribution in [0, 0.1) is 0 Å². The summed E-state index contributed by atoms with van der Waals surface area (Å²) in [6, 6.07) is 8.22. The Bertz CT molecular complexity index is 623. The summed E-state index contributed by atoms with van der Waals surface area (Å²) < 4.78 is 7.24. The third-order valence-electron chi connectivity index (χ3n) is 3.37. The number of ether oxygens (including phenoxy) is 1. The minimum Gasteiger partial charge on any atom is -0.371 e. The molecule has 1 N–H and O–H groups in total. The Morgan fingerprint density at radius 1 is 1.45 bits per heavy atom. The van der Waals surface area contributed by atoms with Crippen molar-refractivity contribution in [2.75, 3.05) is 6.54 Å². The first kappa shape index (κ1) is 12.8. The van der Waals surface area contributed by atoms with Gasteiger partial charge in [0.2, 0.25) is 0 Å². The smallest absolute Gasteiger partial charge is 0.273 e. The van der Waals surface area contributed by atoms with E-state index in [1.54, 1.807) is 13.2 Å². The van der Waals surface area contributed by atoms with Gasteiger partial charge in [-0.1, -0.05) is 29.5 Å². The number of carbonyl (C=O) groups excluding carboxylic acids is 1. The van der Waals surface area contributed by atoms with Crippen LogP contribution in [0.5, 0.6) is 0 Å². The topological polar surface area (TPSA) is 69.0 Å². The van der Waals surface area contributed by atoms with E-state index in [1.165, 1.54) is 15.8 Å². The second kappa shape index (κ2) is 5.42. The number of aryl methyl sites for hydroxylation is 1. The van der Waals surface area contributed by atoms with Crippen LogP contribution in [0.2, 0.25) is 0 Å². The molecule has 6 nitrogen and oxygen atoms in total. The Hall–Kier alpha value is -2.21. The van der Waals surface area contributed by atoms with Crippen molar-refractivity contribution >= 4 is 5.91 Å². The quantitative estimate of drug-likeness (QED) is 0.892. The number of rotatable bonds is 3. The van der Waals surface area contributed by atoms with Crippen molar-refractivity contribution in [3.05, 3.63) is 47.3 Å².